The number of benzene rings is 1. The molecule has 0 amide bonds. The van der Waals surface area contributed by atoms with Crippen molar-refractivity contribution in [1.82, 2.24) is 5.32 Å². The average Bonchev–Trinajstić information content (AvgIpc) is 2.29. The van der Waals surface area contributed by atoms with Crippen LogP contribution in [0, 0.1) is 11.6 Å². The highest BCUT2D eigenvalue weighted by Crippen LogP contribution is 2.25. The molecular weight excluding hydrogens is 242 g/mol. The van der Waals surface area contributed by atoms with Crippen molar-refractivity contribution in [3.8, 4) is 0 Å². The lowest BCUT2D eigenvalue weighted by molar-refractivity contribution is 0.0594. The van der Waals surface area contributed by atoms with Gasteiger partial charge in [0.15, 0.2) is 11.6 Å². The van der Waals surface area contributed by atoms with Crippen molar-refractivity contribution >= 4 is 11.7 Å². The van der Waals surface area contributed by atoms with Crippen LogP contribution >= 0.6 is 0 Å². The Hall–Kier alpha value is -1.69. The number of nitrogens with one attached hydrogen (secondary N) is 1. The van der Waals surface area contributed by atoms with Gasteiger partial charge in [-0.2, -0.15) is 0 Å². The Morgan fingerprint density at radius 3 is 2.56 bits per heavy atom. The number of hydrogen-bond acceptors (Lipinski definition) is 4. The normalized spacial score (nSPS) is 15.1. The average molecular weight is 256 g/mol. The van der Waals surface area contributed by atoms with Gasteiger partial charge in [0.2, 0.25) is 0 Å². The molecule has 1 heterocycles. The van der Waals surface area contributed by atoms with Gasteiger partial charge in [-0.1, -0.05) is 0 Å². The molecule has 0 unspecified atom stereocenters. The van der Waals surface area contributed by atoms with Crippen LogP contribution in [0.15, 0.2) is 12.1 Å². The number of nitrogens with zero attached hydrogens (tertiary/aromatic N) is 1. The van der Waals surface area contributed by atoms with Crippen molar-refractivity contribution in [3.05, 3.63) is 29.3 Å². The maximum Gasteiger partial charge on any atom is 0.340 e. The number of methoxy groups -OCH3 is 1. The molecule has 1 aromatic rings. The summed E-state index contributed by atoms with van der Waals surface area (Å²) in [5, 5.41) is 3.05. The Bertz CT molecular complexity index is 475. The van der Waals surface area contributed by atoms with Gasteiger partial charge in [0, 0.05) is 20.1 Å². The minimum Gasteiger partial charge on any atom is -0.465 e. The van der Waals surface area contributed by atoms with Crippen molar-refractivity contribution in [2.24, 2.45) is 0 Å². The number of carbonyl (C=O) groups is 1. The Balaban J connectivity index is 2.33. The van der Waals surface area contributed by atoms with E-state index in [1.807, 2.05) is 0 Å². The zero-order valence-electron chi connectivity index (χ0n) is 10.2. The van der Waals surface area contributed by atoms with E-state index in [0.29, 0.717) is 0 Å². The first kappa shape index (κ1) is 12.8. The lowest BCUT2D eigenvalue weighted by atomic mass is 10.1. The molecule has 0 spiro atoms. The van der Waals surface area contributed by atoms with Crippen LogP contribution in [-0.2, 0) is 4.74 Å². The summed E-state index contributed by atoms with van der Waals surface area (Å²) in [6, 6.07) is 2.77. The molecule has 1 aliphatic heterocycles. The first-order valence-corrected chi connectivity index (χ1v) is 5.56. The van der Waals surface area contributed by atoms with Gasteiger partial charge in [0.05, 0.1) is 24.4 Å². The molecule has 0 saturated carbocycles. The van der Waals surface area contributed by atoms with Crippen LogP contribution in [0.4, 0.5) is 14.5 Å². The quantitative estimate of drug-likeness (QED) is 0.824. The van der Waals surface area contributed by atoms with E-state index in [1.54, 1.807) is 11.9 Å². The van der Waals surface area contributed by atoms with Crippen LogP contribution in [0.25, 0.3) is 0 Å². The Kier molecular flexibility index (Phi) is 3.47. The summed E-state index contributed by atoms with van der Waals surface area (Å²) in [6.45, 7) is 1.46. The zero-order chi connectivity index (χ0) is 13.3. The monoisotopic (exact) mass is 256 g/mol. The van der Waals surface area contributed by atoms with Crippen LogP contribution in [-0.4, -0.2) is 39.3 Å². The van der Waals surface area contributed by atoms with E-state index in [2.05, 4.69) is 10.1 Å². The van der Waals surface area contributed by atoms with E-state index in [0.717, 1.165) is 20.2 Å². The van der Waals surface area contributed by atoms with Crippen LogP contribution in [0.2, 0.25) is 0 Å². The van der Waals surface area contributed by atoms with Crippen molar-refractivity contribution in [1.29, 1.82) is 0 Å². The summed E-state index contributed by atoms with van der Waals surface area (Å²) in [6.07, 6.45) is 0. The van der Waals surface area contributed by atoms with Gasteiger partial charge in [-0.15, -0.1) is 0 Å². The second kappa shape index (κ2) is 4.89. The Morgan fingerprint density at radius 1 is 1.39 bits per heavy atom. The number of halogens is 2. The molecule has 0 bridgehead atoms. The lowest BCUT2D eigenvalue weighted by Crippen LogP contribution is -2.56. The number of hydrogen-bond donors (Lipinski definition) is 1. The van der Waals surface area contributed by atoms with E-state index in [-0.39, 0.29) is 17.3 Å². The van der Waals surface area contributed by atoms with Gasteiger partial charge < -0.3 is 15.0 Å². The third-order valence-corrected chi connectivity index (χ3v) is 3.15. The summed E-state index contributed by atoms with van der Waals surface area (Å²) in [5.74, 6) is -3.07. The molecule has 1 fully saturated rings. The standard InChI is InChI=1S/C12H14F2N2O2/c1-16(7-5-15-6-7)9-4-3-8(12(17)18-2)10(13)11(9)14/h3-4,7,15H,5-6H2,1-2H3. The van der Waals surface area contributed by atoms with Crippen LogP contribution < -0.4 is 10.2 Å². The fourth-order valence-electron chi connectivity index (χ4n) is 1.82. The molecule has 1 N–H and O–H groups in total. The number of esters is 1. The first-order chi connectivity index (χ1) is 8.56. The summed E-state index contributed by atoms with van der Waals surface area (Å²) in [4.78, 5) is 12.9. The maximum atomic E-state index is 13.9. The topological polar surface area (TPSA) is 41.6 Å². The SMILES string of the molecule is COC(=O)c1ccc(N(C)C2CNC2)c(F)c1F. The summed E-state index contributed by atoms with van der Waals surface area (Å²) in [7, 11) is 2.82. The summed E-state index contributed by atoms with van der Waals surface area (Å²) in [5.41, 5.74) is -0.245. The van der Waals surface area contributed by atoms with E-state index in [9.17, 15) is 13.6 Å². The first-order valence-electron chi connectivity index (χ1n) is 5.56. The minimum absolute atomic E-state index is 0.142. The minimum atomic E-state index is -1.17. The third-order valence-electron chi connectivity index (χ3n) is 3.15. The molecular formula is C12H14F2N2O2. The fraction of sp³-hybridized carbons (Fsp3) is 0.417. The molecule has 18 heavy (non-hydrogen) atoms. The van der Waals surface area contributed by atoms with Gasteiger partial charge in [0.25, 0.3) is 0 Å². The van der Waals surface area contributed by atoms with Crippen molar-refractivity contribution in [2.75, 3.05) is 32.1 Å². The third kappa shape index (κ3) is 2.03. The molecule has 0 atom stereocenters. The number of rotatable bonds is 3. The molecule has 0 aliphatic carbocycles. The Labute approximate surface area is 104 Å². The predicted octanol–water partition coefficient (Wildman–Crippen LogP) is 1.16. The molecule has 98 valence electrons. The van der Waals surface area contributed by atoms with Crippen LogP contribution in [0.5, 0.6) is 0 Å². The van der Waals surface area contributed by atoms with Gasteiger partial charge in [-0.3, -0.25) is 0 Å². The van der Waals surface area contributed by atoms with E-state index < -0.39 is 17.6 Å². The molecule has 2 rings (SSSR count). The van der Waals surface area contributed by atoms with Crippen molar-refractivity contribution in [2.45, 2.75) is 6.04 Å². The van der Waals surface area contributed by atoms with Gasteiger partial charge >= 0.3 is 5.97 Å². The van der Waals surface area contributed by atoms with Crippen molar-refractivity contribution in [3.63, 3.8) is 0 Å². The van der Waals surface area contributed by atoms with Gasteiger partial charge in [-0.25, -0.2) is 13.6 Å². The second-order valence-electron chi connectivity index (χ2n) is 4.17. The molecule has 1 aliphatic rings. The van der Waals surface area contributed by atoms with Crippen molar-refractivity contribution < 1.29 is 18.3 Å². The van der Waals surface area contributed by atoms with Gasteiger partial charge in [-0.05, 0) is 12.1 Å². The highest BCUT2D eigenvalue weighted by molar-refractivity contribution is 5.90. The van der Waals surface area contributed by atoms with E-state index >= 15 is 0 Å². The number of carbonyl (C=O) groups excluding carboxylic acids is 1. The molecule has 0 radical (unpaired) electrons. The van der Waals surface area contributed by atoms with E-state index in [4.69, 9.17) is 0 Å². The molecule has 0 aromatic heterocycles. The van der Waals surface area contributed by atoms with E-state index in [1.165, 1.54) is 12.1 Å². The summed E-state index contributed by atoms with van der Waals surface area (Å²) >= 11 is 0. The molecule has 4 nitrogen and oxygen atoms in total. The highest BCUT2D eigenvalue weighted by Gasteiger charge is 2.26. The number of anilines is 1. The number of ether oxygens (including phenoxy) is 1. The highest BCUT2D eigenvalue weighted by atomic mass is 19.2. The van der Waals surface area contributed by atoms with Gasteiger partial charge in [0.1, 0.15) is 0 Å². The number of likely N-dealkylation sites (N-methyl/N-ethyl adjacent to an activating group) is 1. The predicted molar refractivity (Wildman–Crippen MR) is 62.8 cm³/mol. The summed E-state index contributed by atoms with van der Waals surface area (Å²) < 4.78 is 32.0. The van der Waals surface area contributed by atoms with Crippen LogP contribution in [0.3, 0.4) is 0 Å². The van der Waals surface area contributed by atoms with Crippen LogP contribution in [0.1, 0.15) is 10.4 Å². The fourth-order valence-corrected chi connectivity index (χ4v) is 1.82. The zero-order valence-corrected chi connectivity index (χ0v) is 10.2. The maximum absolute atomic E-state index is 13.9. The Morgan fingerprint density at radius 2 is 2.06 bits per heavy atom. The molecule has 1 saturated heterocycles. The molecule has 6 heteroatoms. The smallest absolute Gasteiger partial charge is 0.340 e. The second-order valence-corrected chi connectivity index (χ2v) is 4.17. The molecule has 1 aromatic carbocycles. The largest absolute Gasteiger partial charge is 0.465 e. The lowest BCUT2D eigenvalue weighted by Gasteiger charge is -2.37.